The summed E-state index contributed by atoms with van der Waals surface area (Å²) >= 11 is 0. The first kappa shape index (κ1) is 20.0. The molecule has 8 nitrogen and oxygen atoms in total. The molecule has 0 bridgehead atoms. The van der Waals surface area contributed by atoms with Gasteiger partial charge in [0.2, 0.25) is 10.0 Å². The molecule has 0 unspecified atom stereocenters. The molecule has 1 amide bonds. The zero-order valence-corrected chi connectivity index (χ0v) is 15.1. The summed E-state index contributed by atoms with van der Waals surface area (Å²) in [5.41, 5.74) is 0.358. The summed E-state index contributed by atoms with van der Waals surface area (Å²) in [6.07, 6.45) is 1.47. The monoisotopic (exact) mass is 360 g/mol. The van der Waals surface area contributed by atoms with E-state index >= 15 is 0 Å². The first-order chi connectivity index (χ1) is 11.3. The highest BCUT2D eigenvalue weighted by molar-refractivity contribution is 7.92. The number of methoxy groups -OCH3 is 2. The van der Waals surface area contributed by atoms with Crippen LogP contribution in [0.1, 0.15) is 23.7 Å². The highest BCUT2D eigenvalue weighted by Gasteiger charge is 2.25. The number of aliphatic hydroxyl groups is 1. The molecule has 0 aliphatic carbocycles. The Labute approximate surface area is 142 Å². The number of hydrogen-bond acceptors (Lipinski definition) is 6. The Bertz CT molecular complexity index is 675. The van der Waals surface area contributed by atoms with Gasteiger partial charge in [0.25, 0.3) is 5.91 Å². The lowest BCUT2D eigenvalue weighted by Crippen LogP contribution is -2.33. The zero-order valence-electron chi connectivity index (χ0n) is 14.3. The van der Waals surface area contributed by atoms with E-state index in [2.05, 4.69) is 5.32 Å². The van der Waals surface area contributed by atoms with Crippen molar-refractivity contribution in [3.05, 3.63) is 17.7 Å². The van der Waals surface area contributed by atoms with Gasteiger partial charge in [0, 0.05) is 25.8 Å². The Morgan fingerprint density at radius 2 is 1.83 bits per heavy atom. The summed E-state index contributed by atoms with van der Waals surface area (Å²) in [6.45, 7) is 2.05. The summed E-state index contributed by atoms with van der Waals surface area (Å²) in [7, 11) is -0.717. The molecule has 0 saturated carbocycles. The van der Waals surface area contributed by atoms with Crippen LogP contribution < -0.4 is 19.1 Å². The second kappa shape index (κ2) is 8.74. The van der Waals surface area contributed by atoms with Gasteiger partial charge in [0.05, 0.1) is 31.7 Å². The molecular weight excluding hydrogens is 336 g/mol. The number of nitrogens with one attached hydrogen (secondary N) is 1. The van der Waals surface area contributed by atoms with E-state index in [0.717, 1.165) is 10.6 Å². The van der Waals surface area contributed by atoms with Crippen LogP contribution in [0.4, 0.5) is 5.69 Å². The maximum atomic E-state index is 12.4. The molecule has 0 heterocycles. The van der Waals surface area contributed by atoms with Crippen molar-refractivity contribution in [2.45, 2.75) is 13.3 Å². The van der Waals surface area contributed by atoms with Gasteiger partial charge in [-0.05, 0) is 19.4 Å². The number of hydrogen-bond donors (Lipinski definition) is 2. The third-order valence-electron chi connectivity index (χ3n) is 3.32. The molecule has 1 aromatic rings. The quantitative estimate of drug-likeness (QED) is 0.625. The Balaban J connectivity index is 3.44. The van der Waals surface area contributed by atoms with Crippen LogP contribution in [-0.4, -0.2) is 59.6 Å². The molecule has 0 spiro atoms. The third-order valence-corrected chi connectivity index (χ3v) is 4.58. The zero-order chi connectivity index (χ0) is 18.3. The molecular formula is C15H24N2O6S. The van der Waals surface area contributed by atoms with Crippen molar-refractivity contribution < 1.29 is 27.8 Å². The van der Waals surface area contributed by atoms with Gasteiger partial charge in [-0.2, -0.15) is 0 Å². The summed E-state index contributed by atoms with van der Waals surface area (Å²) in [6, 6.07) is 2.90. The topological polar surface area (TPSA) is 105 Å². The van der Waals surface area contributed by atoms with Gasteiger partial charge in [0.15, 0.2) is 11.5 Å². The summed E-state index contributed by atoms with van der Waals surface area (Å²) < 4.78 is 35.6. The molecule has 0 radical (unpaired) electrons. The van der Waals surface area contributed by atoms with Crippen molar-refractivity contribution >= 4 is 21.6 Å². The van der Waals surface area contributed by atoms with E-state index in [-0.39, 0.29) is 30.9 Å². The molecule has 9 heteroatoms. The normalized spacial score (nSPS) is 11.0. The van der Waals surface area contributed by atoms with Crippen molar-refractivity contribution in [1.29, 1.82) is 0 Å². The van der Waals surface area contributed by atoms with Crippen LogP contribution in [0.15, 0.2) is 12.1 Å². The average molecular weight is 360 g/mol. The van der Waals surface area contributed by atoms with E-state index in [1.807, 2.05) is 0 Å². The molecule has 136 valence electrons. The standard InChI is InChI=1S/C15H24N2O6S/c1-5-17(24(4,20)21)12-10-14(23-3)13(22-2)9-11(12)15(19)16-7-6-8-18/h9-10,18H,5-8H2,1-4H3,(H,16,19). The molecule has 0 saturated heterocycles. The van der Waals surface area contributed by atoms with Crippen LogP contribution in [0.5, 0.6) is 11.5 Å². The maximum absolute atomic E-state index is 12.4. The second-order valence-electron chi connectivity index (χ2n) is 4.99. The van der Waals surface area contributed by atoms with Crippen molar-refractivity contribution in [1.82, 2.24) is 5.32 Å². The van der Waals surface area contributed by atoms with Crippen molar-refractivity contribution in [3.8, 4) is 11.5 Å². The number of rotatable bonds is 9. The van der Waals surface area contributed by atoms with Crippen molar-refractivity contribution in [3.63, 3.8) is 0 Å². The van der Waals surface area contributed by atoms with E-state index in [1.165, 1.54) is 26.4 Å². The van der Waals surface area contributed by atoms with Crippen LogP contribution in [0.3, 0.4) is 0 Å². The summed E-state index contributed by atoms with van der Waals surface area (Å²) in [5, 5.41) is 11.5. The molecule has 1 rings (SSSR count). The minimum Gasteiger partial charge on any atom is -0.493 e. The average Bonchev–Trinajstić information content (AvgIpc) is 2.53. The lowest BCUT2D eigenvalue weighted by Gasteiger charge is -2.24. The largest absolute Gasteiger partial charge is 0.493 e. The minimum atomic E-state index is -3.58. The number of carbonyl (C=O) groups excluding carboxylic acids is 1. The first-order valence-corrected chi connectivity index (χ1v) is 9.27. The Kier molecular flexibility index (Phi) is 7.30. The fourth-order valence-corrected chi connectivity index (χ4v) is 3.19. The molecule has 0 aliphatic heterocycles. The molecule has 1 aromatic carbocycles. The fraction of sp³-hybridized carbons (Fsp3) is 0.533. The number of aliphatic hydroxyl groups excluding tert-OH is 1. The number of carbonyl (C=O) groups is 1. The van der Waals surface area contributed by atoms with E-state index in [4.69, 9.17) is 14.6 Å². The van der Waals surface area contributed by atoms with E-state index in [9.17, 15) is 13.2 Å². The molecule has 0 fully saturated rings. The number of amides is 1. The fourth-order valence-electron chi connectivity index (χ4n) is 2.22. The molecule has 2 N–H and O–H groups in total. The maximum Gasteiger partial charge on any atom is 0.253 e. The lowest BCUT2D eigenvalue weighted by atomic mass is 10.1. The SMILES string of the molecule is CCN(c1cc(OC)c(OC)cc1C(=O)NCCCO)S(C)(=O)=O. The van der Waals surface area contributed by atoms with E-state index in [1.54, 1.807) is 6.92 Å². The molecule has 0 aliphatic rings. The van der Waals surface area contributed by atoms with E-state index < -0.39 is 15.9 Å². The highest BCUT2D eigenvalue weighted by atomic mass is 32.2. The van der Waals surface area contributed by atoms with Gasteiger partial charge in [-0.15, -0.1) is 0 Å². The molecule has 24 heavy (non-hydrogen) atoms. The third kappa shape index (κ3) is 4.75. The lowest BCUT2D eigenvalue weighted by molar-refractivity contribution is 0.0951. The van der Waals surface area contributed by atoms with Crippen molar-refractivity contribution in [2.24, 2.45) is 0 Å². The van der Waals surface area contributed by atoms with Crippen LogP contribution in [0, 0.1) is 0 Å². The van der Waals surface area contributed by atoms with Crippen LogP contribution in [0.2, 0.25) is 0 Å². The number of benzene rings is 1. The van der Waals surface area contributed by atoms with Crippen LogP contribution in [0.25, 0.3) is 0 Å². The van der Waals surface area contributed by atoms with E-state index in [0.29, 0.717) is 17.9 Å². The first-order valence-electron chi connectivity index (χ1n) is 7.42. The summed E-state index contributed by atoms with van der Waals surface area (Å²) in [5.74, 6) is 0.182. The Hall–Kier alpha value is -2.00. The second-order valence-corrected chi connectivity index (χ2v) is 6.89. The number of anilines is 1. The van der Waals surface area contributed by atoms with Gasteiger partial charge in [-0.25, -0.2) is 8.42 Å². The van der Waals surface area contributed by atoms with Gasteiger partial charge in [0.1, 0.15) is 0 Å². The predicted octanol–water partition coefficient (Wildman–Crippen LogP) is 0.602. The van der Waals surface area contributed by atoms with Gasteiger partial charge in [-0.3, -0.25) is 9.10 Å². The smallest absolute Gasteiger partial charge is 0.253 e. The Morgan fingerprint density at radius 1 is 1.25 bits per heavy atom. The highest BCUT2D eigenvalue weighted by Crippen LogP contribution is 2.36. The summed E-state index contributed by atoms with van der Waals surface area (Å²) in [4.78, 5) is 12.4. The van der Waals surface area contributed by atoms with Gasteiger partial charge < -0.3 is 19.9 Å². The van der Waals surface area contributed by atoms with Crippen LogP contribution in [-0.2, 0) is 10.0 Å². The van der Waals surface area contributed by atoms with Gasteiger partial charge >= 0.3 is 0 Å². The van der Waals surface area contributed by atoms with Gasteiger partial charge in [-0.1, -0.05) is 0 Å². The molecule has 0 atom stereocenters. The Morgan fingerprint density at radius 3 is 2.29 bits per heavy atom. The predicted molar refractivity (Wildman–Crippen MR) is 91.4 cm³/mol. The number of ether oxygens (including phenoxy) is 2. The van der Waals surface area contributed by atoms with Crippen LogP contribution >= 0.6 is 0 Å². The van der Waals surface area contributed by atoms with Crippen molar-refractivity contribution in [2.75, 3.05) is 44.5 Å². The number of sulfonamides is 1. The number of nitrogens with zero attached hydrogens (tertiary/aromatic N) is 1. The molecule has 0 aromatic heterocycles. The minimum absolute atomic E-state index is 0.0521.